The smallest absolute Gasteiger partial charge is 0.228 e. The number of nitrogens with zero attached hydrogens (tertiary/aromatic N) is 2. The van der Waals surface area contributed by atoms with Gasteiger partial charge in [0.2, 0.25) is 5.91 Å². The van der Waals surface area contributed by atoms with Gasteiger partial charge in [0.15, 0.2) is 0 Å². The molecule has 2 rings (SSSR count). The molecule has 1 aromatic heterocycles. The van der Waals surface area contributed by atoms with E-state index < -0.39 is 0 Å². The Kier molecular flexibility index (Phi) is 3.02. The van der Waals surface area contributed by atoms with E-state index in [1.807, 2.05) is 6.07 Å². The van der Waals surface area contributed by atoms with Crippen LogP contribution >= 0.6 is 15.9 Å². The van der Waals surface area contributed by atoms with Crippen molar-refractivity contribution in [3.05, 3.63) is 22.8 Å². The summed E-state index contributed by atoms with van der Waals surface area (Å²) in [4.78, 5) is 17.4. The highest BCUT2D eigenvalue weighted by Crippen LogP contribution is 2.23. The molecule has 0 bridgehead atoms. The highest BCUT2D eigenvalue weighted by molar-refractivity contribution is 9.10. The minimum atomic E-state index is 0.0314. The second-order valence-electron chi connectivity index (χ2n) is 3.59. The van der Waals surface area contributed by atoms with Gasteiger partial charge < -0.3 is 5.11 Å². The normalized spacial score (nSPS) is 21.1. The summed E-state index contributed by atoms with van der Waals surface area (Å²) in [7, 11) is 0. The second kappa shape index (κ2) is 4.28. The van der Waals surface area contributed by atoms with E-state index in [0.29, 0.717) is 18.8 Å². The number of anilines is 1. The first kappa shape index (κ1) is 10.6. The van der Waals surface area contributed by atoms with Gasteiger partial charge in [-0.25, -0.2) is 4.98 Å². The maximum Gasteiger partial charge on any atom is 0.228 e. The van der Waals surface area contributed by atoms with Crippen LogP contribution in [-0.4, -0.2) is 29.1 Å². The van der Waals surface area contributed by atoms with Gasteiger partial charge in [0.1, 0.15) is 5.82 Å². The lowest BCUT2D eigenvalue weighted by Crippen LogP contribution is -2.25. The zero-order chi connectivity index (χ0) is 10.8. The minimum absolute atomic E-state index is 0.0314. The number of carbonyl (C=O) groups excluding carboxylic acids is 1. The maximum atomic E-state index is 11.6. The van der Waals surface area contributed by atoms with E-state index in [1.54, 1.807) is 17.2 Å². The predicted octanol–water partition coefficient (Wildman–Crippen LogP) is 1.19. The molecule has 0 radical (unpaired) electrons. The Morgan fingerprint density at radius 3 is 2.93 bits per heavy atom. The Morgan fingerprint density at radius 1 is 1.60 bits per heavy atom. The van der Waals surface area contributed by atoms with Crippen molar-refractivity contribution in [2.75, 3.05) is 18.1 Å². The van der Waals surface area contributed by atoms with Gasteiger partial charge in [-0.3, -0.25) is 9.69 Å². The van der Waals surface area contributed by atoms with E-state index in [9.17, 15) is 4.79 Å². The van der Waals surface area contributed by atoms with E-state index in [0.717, 1.165) is 4.47 Å². The molecule has 0 aromatic carbocycles. The monoisotopic (exact) mass is 270 g/mol. The van der Waals surface area contributed by atoms with Crippen molar-refractivity contribution < 1.29 is 9.90 Å². The Labute approximate surface area is 96.1 Å². The lowest BCUT2D eigenvalue weighted by molar-refractivity contribution is -0.117. The van der Waals surface area contributed by atoms with Crippen LogP contribution in [0.1, 0.15) is 6.42 Å². The summed E-state index contributed by atoms with van der Waals surface area (Å²) in [6.45, 7) is 0.614. The number of pyridine rings is 1. The topological polar surface area (TPSA) is 53.4 Å². The molecule has 2 heterocycles. The molecular formula is C10H11BrN2O2. The summed E-state index contributed by atoms with van der Waals surface area (Å²) in [6, 6.07) is 3.64. The number of aliphatic hydroxyl groups is 1. The van der Waals surface area contributed by atoms with Crippen molar-refractivity contribution in [1.82, 2.24) is 4.98 Å². The standard InChI is InChI=1S/C10H11BrN2O2/c11-8-1-2-9(12-4-8)13-5-7(6-14)3-10(13)15/h1-2,4,7,14H,3,5-6H2. The largest absolute Gasteiger partial charge is 0.396 e. The Morgan fingerprint density at radius 2 is 2.40 bits per heavy atom. The van der Waals surface area contributed by atoms with Crippen LogP contribution < -0.4 is 4.90 Å². The summed E-state index contributed by atoms with van der Waals surface area (Å²) in [5.74, 6) is 0.728. The fourth-order valence-electron chi connectivity index (χ4n) is 1.65. The molecule has 15 heavy (non-hydrogen) atoms. The molecule has 0 aliphatic carbocycles. The third-order valence-electron chi connectivity index (χ3n) is 2.45. The molecule has 1 aliphatic rings. The fourth-order valence-corrected chi connectivity index (χ4v) is 1.89. The quantitative estimate of drug-likeness (QED) is 0.879. The average molecular weight is 271 g/mol. The number of hydrogen-bond donors (Lipinski definition) is 1. The van der Waals surface area contributed by atoms with Gasteiger partial charge in [0.25, 0.3) is 0 Å². The van der Waals surface area contributed by atoms with Crippen molar-refractivity contribution in [2.24, 2.45) is 5.92 Å². The first-order chi connectivity index (χ1) is 7.20. The molecular weight excluding hydrogens is 260 g/mol. The van der Waals surface area contributed by atoms with Gasteiger partial charge in [-0.1, -0.05) is 0 Å². The minimum Gasteiger partial charge on any atom is -0.396 e. The molecule has 1 fully saturated rings. The SMILES string of the molecule is O=C1CC(CO)CN1c1ccc(Br)cn1. The van der Waals surface area contributed by atoms with E-state index in [2.05, 4.69) is 20.9 Å². The van der Waals surface area contributed by atoms with E-state index >= 15 is 0 Å². The highest BCUT2D eigenvalue weighted by atomic mass is 79.9. The summed E-state index contributed by atoms with van der Waals surface area (Å²) < 4.78 is 0.886. The van der Waals surface area contributed by atoms with Crippen molar-refractivity contribution >= 4 is 27.7 Å². The number of halogens is 1. The summed E-state index contributed by atoms with van der Waals surface area (Å²) in [5.41, 5.74) is 0. The van der Waals surface area contributed by atoms with Gasteiger partial charge >= 0.3 is 0 Å². The van der Waals surface area contributed by atoms with E-state index in [1.165, 1.54) is 0 Å². The van der Waals surface area contributed by atoms with Crippen LogP contribution in [-0.2, 0) is 4.79 Å². The molecule has 1 aliphatic heterocycles. The Bertz CT molecular complexity index is 366. The number of carbonyl (C=O) groups is 1. The molecule has 5 heteroatoms. The van der Waals surface area contributed by atoms with Gasteiger partial charge in [0.05, 0.1) is 0 Å². The van der Waals surface area contributed by atoms with Crippen molar-refractivity contribution in [1.29, 1.82) is 0 Å². The molecule has 1 saturated heterocycles. The fraction of sp³-hybridized carbons (Fsp3) is 0.400. The molecule has 1 amide bonds. The number of rotatable bonds is 2. The van der Waals surface area contributed by atoms with Crippen LogP contribution in [0.25, 0.3) is 0 Å². The van der Waals surface area contributed by atoms with E-state index in [-0.39, 0.29) is 18.4 Å². The van der Waals surface area contributed by atoms with Crippen molar-refractivity contribution in [3.8, 4) is 0 Å². The number of aliphatic hydroxyl groups excluding tert-OH is 1. The molecule has 1 aromatic rings. The summed E-state index contributed by atoms with van der Waals surface area (Å²) >= 11 is 3.29. The lowest BCUT2D eigenvalue weighted by atomic mass is 10.1. The predicted molar refractivity (Wildman–Crippen MR) is 59.5 cm³/mol. The van der Waals surface area contributed by atoms with Crippen molar-refractivity contribution in [3.63, 3.8) is 0 Å². The lowest BCUT2D eigenvalue weighted by Gasteiger charge is -2.14. The molecule has 80 valence electrons. The molecule has 1 N–H and O–H groups in total. The van der Waals surface area contributed by atoms with Gasteiger partial charge in [0, 0.05) is 36.2 Å². The summed E-state index contributed by atoms with van der Waals surface area (Å²) in [6.07, 6.45) is 2.07. The molecule has 4 nitrogen and oxygen atoms in total. The van der Waals surface area contributed by atoms with Crippen molar-refractivity contribution in [2.45, 2.75) is 6.42 Å². The van der Waals surface area contributed by atoms with Crippen LogP contribution in [0.3, 0.4) is 0 Å². The maximum absolute atomic E-state index is 11.6. The van der Waals surface area contributed by atoms with Crippen LogP contribution in [0.15, 0.2) is 22.8 Å². The van der Waals surface area contributed by atoms with Crippen LogP contribution in [0, 0.1) is 5.92 Å². The third-order valence-corrected chi connectivity index (χ3v) is 2.92. The average Bonchev–Trinajstić information content (AvgIpc) is 2.61. The Balaban J connectivity index is 2.18. The van der Waals surface area contributed by atoms with Crippen LogP contribution in [0.4, 0.5) is 5.82 Å². The van der Waals surface area contributed by atoms with Crippen LogP contribution in [0.2, 0.25) is 0 Å². The third kappa shape index (κ3) is 2.18. The highest BCUT2D eigenvalue weighted by Gasteiger charge is 2.30. The number of hydrogen-bond acceptors (Lipinski definition) is 3. The molecule has 1 atom stereocenters. The zero-order valence-corrected chi connectivity index (χ0v) is 9.64. The van der Waals surface area contributed by atoms with E-state index in [4.69, 9.17) is 5.11 Å². The Hall–Kier alpha value is -0.940. The van der Waals surface area contributed by atoms with Crippen LogP contribution in [0.5, 0.6) is 0 Å². The zero-order valence-electron chi connectivity index (χ0n) is 8.06. The van der Waals surface area contributed by atoms with Gasteiger partial charge in [-0.05, 0) is 28.1 Å². The number of amides is 1. The first-order valence-electron chi connectivity index (χ1n) is 4.73. The molecule has 0 saturated carbocycles. The molecule has 1 unspecified atom stereocenters. The molecule has 0 spiro atoms. The second-order valence-corrected chi connectivity index (χ2v) is 4.51. The van der Waals surface area contributed by atoms with Gasteiger partial charge in [-0.15, -0.1) is 0 Å². The first-order valence-corrected chi connectivity index (χ1v) is 5.53. The number of aromatic nitrogens is 1. The summed E-state index contributed by atoms with van der Waals surface area (Å²) in [5, 5.41) is 8.99. The van der Waals surface area contributed by atoms with Gasteiger partial charge in [-0.2, -0.15) is 0 Å².